The number of urea groups is 1. The molecule has 2 aromatic heterocycles. The number of benzene rings is 1. The molecule has 10 heteroatoms. The van der Waals surface area contributed by atoms with Gasteiger partial charge in [-0.05, 0) is 75.8 Å². The lowest BCUT2D eigenvalue weighted by atomic mass is 10.1. The Labute approximate surface area is 223 Å². The zero-order valence-electron chi connectivity index (χ0n) is 23.2. The summed E-state index contributed by atoms with van der Waals surface area (Å²) in [5, 5.41) is 2.90. The van der Waals surface area contributed by atoms with E-state index in [1.807, 2.05) is 12.1 Å². The fourth-order valence-electron chi connectivity index (χ4n) is 3.78. The van der Waals surface area contributed by atoms with Gasteiger partial charge in [-0.25, -0.2) is 19.3 Å². The Morgan fingerprint density at radius 1 is 1.16 bits per heavy atom. The molecule has 10 nitrogen and oxygen atoms in total. The number of pyridine rings is 1. The average molecular weight is 524 g/mol. The highest BCUT2D eigenvalue weighted by Crippen LogP contribution is 2.25. The van der Waals surface area contributed by atoms with Crippen molar-refractivity contribution in [2.45, 2.75) is 60.0 Å². The molecule has 3 amide bonds. The van der Waals surface area contributed by atoms with E-state index in [4.69, 9.17) is 9.15 Å². The highest BCUT2D eigenvalue weighted by atomic mass is 16.6. The lowest BCUT2D eigenvalue weighted by Crippen LogP contribution is -2.43. The molecule has 0 unspecified atom stereocenters. The summed E-state index contributed by atoms with van der Waals surface area (Å²) in [4.78, 5) is 50.5. The summed E-state index contributed by atoms with van der Waals surface area (Å²) in [6.45, 7) is 11.9. The molecule has 0 fully saturated rings. The second-order valence-corrected chi connectivity index (χ2v) is 10.7. The van der Waals surface area contributed by atoms with Crippen molar-refractivity contribution in [1.29, 1.82) is 0 Å². The first kappa shape index (κ1) is 28.6. The molecule has 1 N–H and O–H groups in total. The molecule has 0 bridgehead atoms. The maximum atomic E-state index is 13.5. The second-order valence-electron chi connectivity index (χ2n) is 10.7. The SMILES string of the molecule is Cc1c(NC(=O)OC(C)(C)C)ccc2nc(N(CCC(C)C)C(=O)N(C)CCc3cccnc3)oc(=O)c12. The van der Waals surface area contributed by atoms with E-state index in [-0.39, 0.29) is 17.4 Å². The Balaban J connectivity index is 1.89. The zero-order chi connectivity index (χ0) is 28.0. The van der Waals surface area contributed by atoms with E-state index < -0.39 is 17.3 Å². The molecular formula is C28H37N5O5. The van der Waals surface area contributed by atoms with E-state index in [9.17, 15) is 14.4 Å². The fourth-order valence-corrected chi connectivity index (χ4v) is 3.78. The normalized spacial score (nSPS) is 11.5. The van der Waals surface area contributed by atoms with Gasteiger partial charge in [0.25, 0.3) is 0 Å². The molecule has 204 valence electrons. The van der Waals surface area contributed by atoms with Crippen molar-refractivity contribution >= 4 is 34.7 Å². The molecule has 3 aromatic rings. The van der Waals surface area contributed by atoms with Crippen LogP contribution in [-0.4, -0.2) is 52.7 Å². The van der Waals surface area contributed by atoms with Crippen molar-refractivity contribution in [2.24, 2.45) is 5.92 Å². The van der Waals surface area contributed by atoms with Crippen LogP contribution in [0.4, 0.5) is 21.3 Å². The topological polar surface area (TPSA) is 118 Å². The number of nitrogens with one attached hydrogen (secondary N) is 1. The molecule has 0 aliphatic heterocycles. The molecular weight excluding hydrogens is 486 g/mol. The summed E-state index contributed by atoms with van der Waals surface area (Å²) in [7, 11) is 1.71. The van der Waals surface area contributed by atoms with Gasteiger partial charge in [-0.1, -0.05) is 19.9 Å². The van der Waals surface area contributed by atoms with Gasteiger partial charge in [0.15, 0.2) is 0 Å². The summed E-state index contributed by atoms with van der Waals surface area (Å²) < 4.78 is 10.9. The molecule has 0 saturated carbocycles. The second kappa shape index (κ2) is 12.1. The highest BCUT2D eigenvalue weighted by Gasteiger charge is 2.25. The van der Waals surface area contributed by atoms with Crippen molar-refractivity contribution in [3.63, 3.8) is 0 Å². The third-order valence-electron chi connectivity index (χ3n) is 5.86. The van der Waals surface area contributed by atoms with Crippen LogP contribution in [0, 0.1) is 12.8 Å². The highest BCUT2D eigenvalue weighted by molar-refractivity contribution is 5.94. The van der Waals surface area contributed by atoms with E-state index in [2.05, 4.69) is 29.1 Å². The zero-order valence-corrected chi connectivity index (χ0v) is 23.2. The van der Waals surface area contributed by atoms with Gasteiger partial charge >= 0.3 is 23.8 Å². The molecule has 1 aromatic carbocycles. The Kier molecular flexibility index (Phi) is 9.08. The number of likely N-dealkylation sites (N-methyl/N-ethyl adjacent to an activating group) is 1. The van der Waals surface area contributed by atoms with Gasteiger partial charge in [0, 0.05) is 38.2 Å². The Hall–Kier alpha value is -3.95. The Morgan fingerprint density at radius 3 is 2.53 bits per heavy atom. The molecule has 2 heterocycles. The molecule has 38 heavy (non-hydrogen) atoms. The lowest BCUT2D eigenvalue weighted by molar-refractivity contribution is 0.0635. The van der Waals surface area contributed by atoms with Gasteiger partial charge in [-0.15, -0.1) is 0 Å². The van der Waals surface area contributed by atoms with Crippen LogP contribution < -0.4 is 15.8 Å². The van der Waals surface area contributed by atoms with Gasteiger partial charge in [-0.3, -0.25) is 10.3 Å². The number of aromatic nitrogens is 2. The summed E-state index contributed by atoms with van der Waals surface area (Å²) in [5.74, 6) is 0.321. The van der Waals surface area contributed by atoms with Crippen molar-refractivity contribution in [2.75, 3.05) is 30.4 Å². The fraction of sp³-hybridized carbons (Fsp3) is 0.464. The van der Waals surface area contributed by atoms with E-state index in [0.717, 1.165) is 5.56 Å². The summed E-state index contributed by atoms with van der Waals surface area (Å²) in [6.07, 6.45) is 4.18. The minimum atomic E-state index is -0.665. The third-order valence-corrected chi connectivity index (χ3v) is 5.86. The van der Waals surface area contributed by atoms with Gasteiger partial charge in [0.05, 0.1) is 10.9 Å². The van der Waals surface area contributed by atoms with Gasteiger partial charge < -0.3 is 14.1 Å². The number of hydrogen-bond donors (Lipinski definition) is 1. The molecule has 0 saturated heterocycles. The number of ether oxygens (including phenoxy) is 1. The molecule has 0 aliphatic carbocycles. The predicted molar refractivity (Wildman–Crippen MR) is 148 cm³/mol. The first-order valence-electron chi connectivity index (χ1n) is 12.7. The van der Waals surface area contributed by atoms with Crippen molar-refractivity contribution < 1.29 is 18.7 Å². The van der Waals surface area contributed by atoms with E-state index in [1.54, 1.807) is 64.2 Å². The molecule has 0 atom stereocenters. The van der Waals surface area contributed by atoms with Crippen LogP contribution in [0.15, 0.2) is 45.9 Å². The van der Waals surface area contributed by atoms with Crippen LogP contribution in [0.5, 0.6) is 0 Å². The predicted octanol–water partition coefficient (Wildman–Crippen LogP) is 5.39. The Bertz CT molecular complexity index is 1330. The average Bonchev–Trinajstić information content (AvgIpc) is 2.83. The first-order valence-corrected chi connectivity index (χ1v) is 12.7. The van der Waals surface area contributed by atoms with Gasteiger partial charge in [0.2, 0.25) is 0 Å². The number of hydrogen-bond acceptors (Lipinski definition) is 7. The summed E-state index contributed by atoms with van der Waals surface area (Å²) >= 11 is 0. The van der Waals surface area contributed by atoms with E-state index in [1.165, 1.54) is 4.90 Å². The lowest BCUT2D eigenvalue weighted by Gasteiger charge is -2.27. The van der Waals surface area contributed by atoms with Crippen molar-refractivity contribution in [3.05, 3.63) is 58.2 Å². The number of fused-ring (bicyclic) bond motifs is 1. The smallest absolute Gasteiger partial charge is 0.412 e. The van der Waals surface area contributed by atoms with Gasteiger partial charge in [0.1, 0.15) is 5.60 Å². The van der Waals surface area contributed by atoms with E-state index in [0.29, 0.717) is 48.6 Å². The molecule has 3 rings (SSSR count). The maximum absolute atomic E-state index is 13.5. The number of rotatable bonds is 8. The molecule has 0 spiro atoms. The quantitative estimate of drug-likeness (QED) is 0.421. The van der Waals surface area contributed by atoms with Crippen LogP contribution in [0.2, 0.25) is 0 Å². The first-order chi connectivity index (χ1) is 17.9. The van der Waals surface area contributed by atoms with Crippen LogP contribution >= 0.6 is 0 Å². The number of nitrogens with zero attached hydrogens (tertiary/aromatic N) is 4. The Morgan fingerprint density at radius 2 is 1.89 bits per heavy atom. The number of aryl methyl sites for hydroxylation is 1. The van der Waals surface area contributed by atoms with Crippen LogP contribution in [0.3, 0.4) is 0 Å². The number of anilines is 2. The minimum absolute atomic E-state index is 0.0615. The van der Waals surface area contributed by atoms with Crippen LogP contribution in [0.25, 0.3) is 10.9 Å². The van der Waals surface area contributed by atoms with Crippen molar-refractivity contribution in [3.8, 4) is 0 Å². The maximum Gasteiger partial charge on any atom is 0.412 e. The standard InChI is InChI=1S/C28H37N5O5/c1-18(2)12-16-33(27(36)32(7)15-13-20-9-8-14-29-17-20)25-30-22-11-10-21(19(3)23(22)24(34)37-25)31-26(35)38-28(4,5)6/h8-11,14,17-18H,12-13,15-16H2,1-7H3,(H,31,35). The van der Waals surface area contributed by atoms with Crippen LogP contribution in [0.1, 0.15) is 52.2 Å². The monoisotopic (exact) mass is 523 g/mol. The van der Waals surface area contributed by atoms with Crippen molar-refractivity contribution in [1.82, 2.24) is 14.9 Å². The summed E-state index contributed by atoms with van der Waals surface area (Å²) in [6, 6.07) is 6.71. The molecule has 0 radical (unpaired) electrons. The number of carbonyl (C=O) groups excluding carboxylic acids is 2. The number of carbonyl (C=O) groups is 2. The minimum Gasteiger partial charge on any atom is -0.444 e. The van der Waals surface area contributed by atoms with Gasteiger partial charge in [-0.2, -0.15) is 4.98 Å². The number of amides is 3. The summed E-state index contributed by atoms with van der Waals surface area (Å²) in [5.41, 5.74) is 0.981. The van der Waals surface area contributed by atoms with Crippen LogP contribution in [-0.2, 0) is 11.2 Å². The largest absolute Gasteiger partial charge is 0.444 e. The molecule has 0 aliphatic rings. The third kappa shape index (κ3) is 7.53. The van der Waals surface area contributed by atoms with E-state index >= 15 is 0 Å².